The van der Waals surface area contributed by atoms with Crippen LogP contribution < -0.4 is 0 Å². The highest BCUT2D eigenvalue weighted by atomic mass is 79.9. The number of halogens is 1. The van der Waals surface area contributed by atoms with Crippen LogP contribution in [0.4, 0.5) is 0 Å². The molecule has 0 N–H and O–H groups in total. The lowest BCUT2D eigenvalue weighted by molar-refractivity contribution is -0.125. The zero-order valence-electron chi connectivity index (χ0n) is 6.35. The Morgan fingerprint density at radius 2 is 1.90 bits per heavy atom. The number of amides is 1. The fourth-order valence-corrected chi connectivity index (χ4v) is 0.933. The summed E-state index contributed by atoms with van der Waals surface area (Å²) in [6.45, 7) is 8.85. The Hall–Kier alpha value is -0.310. The smallest absolute Gasteiger partial charge is 0.260 e. The molecular formula is C7H12BrNO. The third kappa shape index (κ3) is 2.52. The van der Waals surface area contributed by atoms with Gasteiger partial charge in [-0.05, 0) is 29.8 Å². The van der Waals surface area contributed by atoms with E-state index >= 15 is 0 Å². The molecule has 0 bridgehead atoms. The Labute approximate surface area is 70.0 Å². The van der Waals surface area contributed by atoms with Gasteiger partial charge in [-0.15, -0.1) is 0 Å². The highest BCUT2D eigenvalue weighted by molar-refractivity contribution is 9.12. The Morgan fingerprint density at radius 3 is 2.00 bits per heavy atom. The second kappa shape index (κ2) is 4.50. The van der Waals surface area contributed by atoms with Crippen LogP contribution in [0.3, 0.4) is 0 Å². The molecule has 0 radical (unpaired) electrons. The normalized spacial score (nSPS) is 9.10. The molecule has 0 unspecified atom stereocenters. The first-order valence-electron chi connectivity index (χ1n) is 3.27. The number of likely N-dealkylation sites (N-methyl/N-ethyl adjacent to an activating group) is 1. The Bertz CT molecular complexity index is 141. The van der Waals surface area contributed by atoms with Crippen molar-refractivity contribution in [1.29, 1.82) is 0 Å². The summed E-state index contributed by atoms with van der Waals surface area (Å²) in [6, 6.07) is 0. The molecule has 0 spiro atoms. The SMILES string of the molecule is C=C(Br)C(=O)N(CC)CC. The lowest BCUT2D eigenvalue weighted by atomic mass is 10.4. The fourth-order valence-electron chi connectivity index (χ4n) is 0.682. The van der Waals surface area contributed by atoms with Crippen LogP contribution in [0.15, 0.2) is 11.1 Å². The Morgan fingerprint density at radius 1 is 1.50 bits per heavy atom. The molecule has 0 aliphatic carbocycles. The minimum atomic E-state index is -0.0231. The van der Waals surface area contributed by atoms with Crippen LogP contribution in [0.5, 0.6) is 0 Å². The largest absolute Gasteiger partial charge is 0.339 e. The summed E-state index contributed by atoms with van der Waals surface area (Å²) in [7, 11) is 0. The predicted octanol–water partition coefficient (Wildman–Crippen LogP) is 1.76. The molecule has 3 heteroatoms. The van der Waals surface area contributed by atoms with E-state index in [1.807, 2.05) is 13.8 Å². The van der Waals surface area contributed by atoms with Gasteiger partial charge in [-0.2, -0.15) is 0 Å². The van der Waals surface area contributed by atoms with Gasteiger partial charge in [-0.25, -0.2) is 0 Å². The Balaban J connectivity index is 4.02. The van der Waals surface area contributed by atoms with Crippen LogP contribution in [0, 0.1) is 0 Å². The third-order valence-corrected chi connectivity index (χ3v) is 1.62. The minimum Gasteiger partial charge on any atom is -0.339 e. The summed E-state index contributed by atoms with van der Waals surface area (Å²) in [5.74, 6) is -0.0231. The highest BCUT2D eigenvalue weighted by Gasteiger charge is 2.09. The van der Waals surface area contributed by atoms with Gasteiger partial charge >= 0.3 is 0 Å². The summed E-state index contributed by atoms with van der Waals surface area (Å²) < 4.78 is 0.427. The van der Waals surface area contributed by atoms with E-state index in [9.17, 15) is 4.79 Å². The molecule has 0 atom stereocenters. The van der Waals surface area contributed by atoms with Crippen molar-refractivity contribution < 1.29 is 4.79 Å². The first-order valence-corrected chi connectivity index (χ1v) is 4.06. The summed E-state index contributed by atoms with van der Waals surface area (Å²) in [4.78, 5) is 12.8. The summed E-state index contributed by atoms with van der Waals surface area (Å²) >= 11 is 3.04. The zero-order chi connectivity index (χ0) is 8.15. The average Bonchev–Trinajstić information content (AvgIpc) is 1.90. The molecule has 2 nitrogen and oxygen atoms in total. The Kier molecular flexibility index (Phi) is 4.36. The molecule has 1 amide bonds. The number of nitrogens with zero attached hydrogens (tertiary/aromatic N) is 1. The summed E-state index contributed by atoms with van der Waals surface area (Å²) in [5.41, 5.74) is 0. The van der Waals surface area contributed by atoms with Crippen molar-refractivity contribution in [3.05, 3.63) is 11.1 Å². The third-order valence-electron chi connectivity index (χ3n) is 1.28. The van der Waals surface area contributed by atoms with Crippen LogP contribution in [0.2, 0.25) is 0 Å². The maximum Gasteiger partial charge on any atom is 0.260 e. The fraction of sp³-hybridized carbons (Fsp3) is 0.571. The lowest BCUT2D eigenvalue weighted by Crippen LogP contribution is -2.30. The van der Waals surface area contributed by atoms with Crippen LogP contribution >= 0.6 is 15.9 Å². The van der Waals surface area contributed by atoms with E-state index < -0.39 is 0 Å². The van der Waals surface area contributed by atoms with Gasteiger partial charge in [0.15, 0.2) is 0 Å². The molecule has 0 aliphatic rings. The van der Waals surface area contributed by atoms with Crippen LogP contribution in [0.1, 0.15) is 13.8 Å². The zero-order valence-corrected chi connectivity index (χ0v) is 7.94. The van der Waals surface area contributed by atoms with E-state index in [2.05, 4.69) is 22.5 Å². The van der Waals surface area contributed by atoms with Crippen molar-refractivity contribution in [3.63, 3.8) is 0 Å². The van der Waals surface area contributed by atoms with Crippen molar-refractivity contribution in [2.75, 3.05) is 13.1 Å². The van der Waals surface area contributed by atoms with Crippen molar-refractivity contribution >= 4 is 21.8 Å². The molecule has 0 heterocycles. The quantitative estimate of drug-likeness (QED) is 0.644. The van der Waals surface area contributed by atoms with E-state index in [-0.39, 0.29) is 5.91 Å². The summed E-state index contributed by atoms with van der Waals surface area (Å²) in [6.07, 6.45) is 0. The number of carbonyl (C=O) groups is 1. The number of carbonyl (C=O) groups excluding carboxylic acids is 1. The average molecular weight is 206 g/mol. The van der Waals surface area contributed by atoms with Gasteiger partial charge in [-0.3, -0.25) is 4.79 Å². The molecule has 0 saturated heterocycles. The van der Waals surface area contributed by atoms with E-state index in [0.29, 0.717) is 4.48 Å². The summed E-state index contributed by atoms with van der Waals surface area (Å²) in [5, 5.41) is 0. The molecule has 0 aliphatic heterocycles. The van der Waals surface area contributed by atoms with Crippen LogP contribution in [-0.4, -0.2) is 23.9 Å². The van der Waals surface area contributed by atoms with Gasteiger partial charge in [0.25, 0.3) is 5.91 Å². The van der Waals surface area contributed by atoms with E-state index in [4.69, 9.17) is 0 Å². The van der Waals surface area contributed by atoms with Crippen LogP contribution in [-0.2, 0) is 4.79 Å². The van der Waals surface area contributed by atoms with Crippen molar-refractivity contribution in [3.8, 4) is 0 Å². The van der Waals surface area contributed by atoms with E-state index in [1.54, 1.807) is 4.90 Å². The standard InChI is InChI=1S/C7H12BrNO/c1-4-9(5-2)7(10)6(3)8/h3-5H2,1-2H3. The molecule has 0 fully saturated rings. The topological polar surface area (TPSA) is 20.3 Å². The molecule has 0 aromatic rings. The van der Waals surface area contributed by atoms with Gasteiger partial charge < -0.3 is 4.90 Å². The van der Waals surface area contributed by atoms with Crippen molar-refractivity contribution in [2.45, 2.75) is 13.8 Å². The second-order valence-corrected chi connectivity index (χ2v) is 2.84. The number of hydrogen-bond acceptors (Lipinski definition) is 1. The molecule has 58 valence electrons. The van der Waals surface area contributed by atoms with Crippen LogP contribution in [0.25, 0.3) is 0 Å². The first-order chi connectivity index (χ1) is 4.63. The van der Waals surface area contributed by atoms with Gasteiger partial charge in [0.05, 0.1) is 4.48 Å². The van der Waals surface area contributed by atoms with E-state index in [0.717, 1.165) is 13.1 Å². The molecule has 0 aromatic carbocycles. The molecule has 0 saturated carbocycles. The van der Waals surface area contributed by atoms with E-state index in [1.165, 1.54) is 0 Å². The minimum absolute atomic E-state index is 0.0231. The van der Waals surface area contributed by atoms with Crippen molar-refractivity contribution in [2.24, 2.45) is 0 Å². The number of rotatable bonds is 3. The highest BCUT2D eigenvalue weighted by Crippen LogP contribution is 2.05. The predicted molar refractivity (Wildman–Crippen MR) is 46.0 cm³/mol. The van der Waals surface area contributed by atoms with Gasteiger partial charge in [0, 0.05) is 13.1 Å². The number of hydrogen-bond donors (Lipinski definition) is 0. The van der Waals surface area contributed by atoms with Gasteiger partial charge in [0.2, 0.25) is 0 Å². The maximum absolute atomic E-state index is 11.1. The van der Waals surface area contributed by atoms with Gasteiger partial charge in [-0.1, -0.05) is 6.58 Å². The second-order valence-electron chi connectivity index (χ2n) is 1.88. The molecular weight excluding hydrogens is 194 g/mol. The molecule has 10 heavy (non-hydrogen) atoms. The van der Waals surface area contributed by atoms with Gasteiger partial charge in [0.1, 0.15) is 0 Å². The van der Waals surface area contributed by atoms with Crippen molar-refractivity contribution in [1.82, 2.24) is 4.90 Å². The first kappa shape index (κ1) is 9.69. The lowest BCUT2D eigenvalue weighted by Gasteiger charge is -2.17. The molecule has 0 aromatic heterocycles. The maximum atomic E-state index is 11.1. The monoisotopic (exact) mass is 205 g/mol. The molecule has 0 rings (SSSR count).